The van der Waals surface area contributed by atoms with Gasteiger partial charge in [-0.15, -0.1) is 0 Å². The summed E-state index contributed by atoms with van der Waals surface area (Å²) in [7, 11) is 0. The van der Waals surface area contributed by atoms with Crippen LogP contribution in [0.25, 0.3) is 0 Å². The maximum absolute atomic E-state index is 10.1. The Morgan fingerprint density at radius 2 is 2.14 bits per heavy atom. The number of amides is 1. The number of carbonyl (C=O) groups is 1. The molecule has 2 saturated carbocycles. The van der Waals surface area contributed by atoms with Crippen molar-refractivity contribution in [3.63, 3.8) is 0 Å². The number of aromatic nitrogens is 1. The molecule has 2 heterocycles. The SMILES string of the molecule is C1CC2CC2C1.CC(C)(C)NCC(O)COc1nccs1.O=C1NCCCO1. The fraction of sp³-hybridized carbons (Fsp3) is 0.800. The highest BCUT2D eigenvalue weighted by molar-refractivity contribution is 7.11. The maximum Gasteiger partial charge on any atom is 0.407 e. The maximum atomic E-state index is 10.1. The van der Waals surface area contributed by atoms with E-state index in [1.165, 1.54) is 29.6 Å². The minimum absolute atomic E-state index is 0.0160. The lowest BCUT2D eigenvalue weighted by atomic mass is 10.1. The van der Waals surface area contributed by atoms with Crippen LogP contribution in [-0.2, 0) is 4.74 Å². The van der Waals surface area contributed by atoms with Gasteiger partial charge in [0.15, 0.2) is 0 Å². The predicted molar refractivity (Wildman–Crippen MR) is 111 cm³/mol. The first kappa shape index (κ1) is 22.9. The Bertz CT molecular complexity index is 546. The van der Waals surface area contributed by atoms with E-state index in [1.807, 2.05) is 5.38 Å². The first-order valence-corrected chi connectivity index (χ1v) is 11.1. The molecule has 0 bridgehead atoms. The number of nitrogens with one attached hydrogen (secondary N) is 2. The molecular weight excluding hydrogens is 378 g/mol. The van der Waals surface area contributed by atoms with Crippen LogP contribution in [0.15, 0.2) is 11.6 Å². The summed E-state index contributed by atoms with van der Waals surface area (Å²) in [5.41, 5.74) is 0.0160. The summed E-state index contributed by atoms with van der Waals surface area (Å²) in [4.78, 5) is 14.1. The molecule has 0 radical (unpaired) electrons. The summed E-state index contributed by atoms with van der Waals surface area (Å²) < 4.78 is 9.82. The molecule has 3 fully saturated rings. The zero-order chi connectivity index (χ0) is 20.4. The summed E-state index contributed by atoms with van der Waals surface area (Å²) in [5.74, 6) is 2.43. The first-order valence-electron chi connectivity index (χ1n) is 10.2. The van der Waals surface area contributed by atoms with Gasteiger partial charge in [0, 0.05) is 30.2 Å². The number of rotatable bonds is 5. The van der Waals surface area contributed by atoms with Crippen LogP contribution in [0.4, 0.5) is 4.79 Å². The number of hydrogen-bond acceptors (Lipinski definition) is 7. The van der Waals surface area contributed by atoms with Crippen molar-refractivity contribution in [2.45, 2.75) is 64.5 Å². The molecule has 0 spiro atoms. The summed E-state index contributed by atoms with van der Waals surface area (Å²) in [5, 5.41) is 17.8. The smallest absolute Gasteiger partial charge is 0.407 e. The minimum atomic E-state index is -0.506. The largest absolute Gasteiger partial charge is 0.467 e. The van der Waals surface area contributed by atoms with Gasteiger partial charge in [0.05, 0.1) is 6.61 Å². The zero-order valence-corrected chi connectivity index (χ0v) is 18.1. The van der Waals surface area contributed by atoms with Gasteiger partial charge in [0.25, 0.3) is 5.19 Å². The van der Waals surface area contributed by atoms with Gasteiger partial charge in [0.2, 0.25) is 0 Å². The Labute approximate surface area is 172 Å². The quantitative estimate of drug-likeness (QED) is 0.686. The standard InChI is InChI=1S/C10H18N2O2S.C6H10.C4H7NO2/c1-10(2,3)12-6-8(13)7-14-9-11-4-5-15-9;1-2-5-4-6(5)3-1;6-4-5-2-1-3-7-4/h4-5,8,12-13H,6-7H2,1-3H3;5-6H,1-4H2;1-3H2,(H,5,6). The Morgan fingerprint density at radius 3 is 2.54 bits per heavy atom. The Kier molecular flexibility index (Phi) is 9.47. The van der Waals surface area contributed by atoms with Crippen LogP contribution in [0, 0.1) is 11.8 Å². The highest BCUT2D eigenvalue weighted by atomic mass is 32.1. The molecule has 28 heavy (non-hydrogen) atoms. The fourth-order valence-electron chi connectivity index (χ4n) is 3.07. The van der Waals surface area contributed by atoms with E-state index in [9.17, 15) is 9.90 Å². The van der Waals surface area contributed by atoms with Gasteiger partial charge >= 0.3 is 6.09 Å². The Balaban J connectivity index is 0.000000175. The predicted octanol–water partition coefficient (Wildman–Crippen LogP) is 3.19. The number of cyclic esters (lactones) is 1. The summed E-state index contributed by atoms with van der Waals surface area (Å²) in [6.07, 6.45) is 8.07. The molecule has 4 rings (SSSR count). The molecule has 160 valence electrons. The molecule has 1 aromatic heterocycles. The van der Waals surface area contributed by atoms with E-state index in [4.69, 9.17) is 4.74 Å². The van der Waals surface area contributed by atoms with Gasteiger partial charge in [-0.05, 0) is 45.4 Å². The van der Waals surface area contributed by atoms with Crippen LogP contribution in [-0.4, -0.2) is 54.1 Å². The van der Waals surface area contributed by atoms with Gasteiger partial charge in [0.1, 0.15) is 12.7 Å². The number of thiazole rings is 1. The number of aliphatic hydroxyl groups excluding tert-OH is 1. The average molecular weight is 414 g/mol. The van der Waals surface area contributed by atoms with Crippen LogP contribution < -0.4 is 15.4 Å². The zero-order valence-electron chi connectivity index (χ0n) is 17.3. The van der Waals surface area contributed by atoms with Crippen molar-refractivity contribution in [1.82, 2.24) is 15.6 Å². The second-order valence-electron chi connectivity index (χ2n) is 8.50. The van der Waals surface area contributed by atoms with Crippen LogP contribution in [0.5, 0.6) is 5.19 Å². The van der Waals surface area contributed by atoms with Gasteiger partial charge < -0.3 is 25.2 Å². The summed E-state index contributed by atoms with van der Waals surface area (Å²) in [6.45, 7) is 8.31. The molecule has 2 aliphatic carbocycles. The lowest BCUT2D eigenvalue weighted by molar-refractivity contribution is 0.0999. The summed E-state index contributed by atoms with van der Waals surface area (Å²) >= 11 is 1.42. The highest BCUT2D eigenvalue weighted by Gasteiger charge is 2.40. The topological polar surface area (TPSA) is 92.7 Å². The van der Waals surface area contributed by atoms with Crippen molar-refractivity contribution in [3.05, 3.63) is 11.6 Å². The molecular formula is C20H35N3O4S. The number of carbonyl (C=O) groups excluding carboxylic acids is 1. The molecule has 3 N–H and O–H groups in total. The fourth-order valence-corrected chi connectivity index (χ4v) is 3.57. The van der Waals surface area contributed by atoms with Crippen molar-refractivity contribution >= 4 is 17.4 Å². The van der Waals surface area contributed by atoms with Crippen LogP contribution >= 0.6 is 11.3 Å². The summed E-state index contributed by atoms with van der Waals surface area (Å²) in [6, 6.07) is 0. The third-order valence-corrected chi connectivity index (χ3v) is 5.40. The number of aliphatic hydroxyl groups is 1. The lowest BCUT2D eigenvalue weighted by Crippen LogP contribution is -2.42. The first-order chi connectivity index (χ1) is 13.3. The molecule has 1 amide bonds. The normalized spacial score (nSPS) is 23.6. The molecule has 8 heteroatoms. The van der Waals surface area contributed by atoms with E-state index in [0.29, 0.717) is 18.3 Å². The highest BCUT2D eigenvalue weighted by Crippen LogP contribution is 2.51. The third kappa shape index (κ3) is 10.2. The van der Waals surface area contributed by atoms with Gasteiger partial charge in [-0.3, -0.25) is 0 Å². The van der Waals surface area contributed by atoms with Crippen molar-refractivity contribution in [3.8, 4) is 5.19 Å². The second-order valence-corrected chi connectivity index (χ2v) is 9.35. The number of hydrogen-bond donors (Lipinski definition) is 3. The van der Waals surface area contributed by atoms with Gasteiger partial charge in [-0.2, -0.15) is 0 Å². The van der Waals surface area contributed by atoms with E-state index >= 15 is 0 Å². The molecule has 3 unspecified atom stereocenters. The van der Waals surface area contributed by atoms with E-state index in [-0.39, 0.29) is 18.2 Å². The Hall–Kier alpha value is -1.38. The van der Waals surface area contributed by atoms with Crippen molar-refractivity contribution < 1.29 is 19.4 Å². The number of alkyl carbamates (subject to hydrolysis) is 1. The number of ether oxygens (including phenoxy) is 2. The molecule has 1 aromatic rings. The lowest BCUT2D eigenvalue weighted by Gasteiger charge is -2.22. The third-order valence-electron chi connectivity index (χ3n) is 4.72. The van der Waals surface area contributed by atoms with Crippen LogP contribution in [0.2, 0.25) is 0 Å². The Morgan fingerprint density at radius 1 is 1.39 bits per heavy atom. The average Bonchev–Trinajstić information content (AvgIpc) is 3.04. The molecule has 3 atom stereocenters. The molecule has 7 nitrogen and oxygen atoms in total. The van der Waals surface area contributed by atoms with E-state index in [0.717, 1.165) is 13.0 Å². The minimum Gasteiger partial charge on any atom is -0.467 e. The van der Waals surface area contributed by atoms with Crippen LogP contribution in [0.3, 0.4) is 0 Å². The number of nitrogens with zero attached hydrogens (tertiary/aromatic N) is 1. The molecule has 3 aliphatic rings. The van der Waals surface area contributed by atoms with Crippen LogP contribution in [0.1, 0.15) is 52.9 Å². The van der Waals surface area contributed by atoms with Gasteiger partial charge in [-0.1, -0.05) is 30.6 Å². The van der Waals surface area contributed by atoms with E-state index in [2.05, 4.69) is 41.1 Å². The second kappa shape index (κ2) is 11.6. The van der Waals surface area contributed by atoms with E-state index in [1.54, 1.807) is 25.5 Å². The van der Waals surface area contributed by atoms with Crippen molar-refractivity contribution in [2.75, 3.05) is 26.3 Å². The van der Waals surface area contributed by atoms with Crippen molar-refractivity contribution in [2.24, 2.45) is 11.8 Å². The molecule has 1 aliphatic heterocycles. The van der Waals surface area contributed by atoms with E-state index < -0.39 is 6.10 Å². The number of fused-ring (bicyclic) bond motifs is 1. The number of β-amino-alcohol motifs (C(OH)–C–C–N with tert-alkyl or cyclic N) is 1. The van der Waals surface area contributed by atoms with Gasteiger partial charge in [-0.25, -0.2) is 9.78 Å². The molecule has 0 aromatic carbocycles. The molecule has 1 saturated heterocycles. The van der Waals surface area contributed by atoms with Crippen molar-refractivity contribution in [1.29, 1.82) is 0 Å². The monoisotopic (exact) mass is 413 g/mol.